The minimum Gasteiger partial charge on any atom is -0.369 e. The lowest BCUT2D eigenvalue weighted by Gasteiger charge is -2.05. The molecule has 0 saturated carbocycles. The number of anilines is 2. The molecule has 0 fully saturated rings. The van der Waals surface area contributed by atoms with Crippen LogP contribution in [0.3, 0.4) is 0 Å². The number of carbonyl (C=O) groups excluding carboxylic acids is 3. The normalized spacial score (nSPS) is 12.8. The number of nitrogens with one attached hydrogen (secondary N) is 2. The average molecular weight is 233 g/mol. The zero-order chi connectivity index (χ0) is 12.4. The summed E-state index contributed by atoms with van der Waals surface area (Å²) in [6, 6.07) is 5.09. The number of fused-ring (bicyclic) bond motifs is 1. The number of hydrogen-bond acceptors (Lipinski definition) is 3. The fourth-order valence-electron chi connectivity index (χ4n) is 1.66. The summed E-state index contributed by atoms with van der Waals surface area (Å²) < 4.78 is 0. The molecule has 1 aromatic carbocycles. The van der Waals surface area contributed by atoms with Gasteiger partial charge in [-0.3, -0.25) is 14.4 Å². The van der Waals surface area contributed by atoms with E-state index in [9.17, 15) is 14.4 Å². The molecule has 6 heteroatoms. The van der Waals surface area contributed by atoms with Crippen molar-refractivity contribution in [1.29, 1.82) is 0 Å². The van der Waals surface area contributed by atoms with Crippen molar-refractivity contribution >= 4 is 29.1 Å². The zero-order valence-electron chi connectivity index (χ0n) is 8.95. The molecule has 1 aliphatic heterocycles. The Hall–Kier alpha value is -2.37. The van der Waals surface area contributed by atoms with Gasteiger partial charge in [-0.25, -0.2) is 0 Å². The maximum atomic E-state index is 11.3. The van der Waals surface area contributed by atoms with Crippen molar-refractivity contribution in [2.45, 2.75) is 12.8 Å². The second-order valence-corrected chi connectivity index (χ2v) is 3.79. The zero-order valence-corrected chi connectivity index (χ0v) is 8.95. The van der Waals surface area contributed by atoms with Gasteiger partial charge in [0.25, 0.3) is 0 Å². The highest BCUT2D eigenvalue weighted by molar-refractivity contribution is 6.04. The molecule has 0 atom stereocenters. The van der Waals surface area contributed by atoms with Crippen LogP contribution in [-0.4, -0.2) is 17.7 Å². The summed E-state index contributed by atoms with van der Waals surface area (Å²) in [4.78, 5) is 32.9. The van der Waals surface area contributed by atoms with Gasteiger partial charge in [-0.15, -0.1) is 0 Å². The Morgan fingerprint density at radius 3 is 2.88 bits per heavy atom. The highest BCUT2D eigenvalue weighted by Gasteiger charge is 2.17. The van der Waals surface area contributed by atoms with E-state index in [0.29, 0.717) is 17.8 Å². The molecule has 0 aromatic heterocycles. The molecular formula is C11H11N3O3. The van der Waals surface area contributed by atoms with Crippen molar-refractivity contribution in [2.75, 3.05) is 10.6 Å². The van der Waals surface area contributed by atoms with Crippen molar-refractivity contribution in [3.63, 3.8) is 0 Å². The van der Waals surface area contributed by atoms with Crippen molar-refractivity contribution in [1.82, 2.24) is 0 Å². The molecule has 4 N–H and O–H groups in total. The first-order valence-electron chi connectivity index (χ1n) is 5.05. The highest BCUT2D eigenvalue weighted by Crippen LogP contribution is 2.26. The lowest BCUT2D eigenvalue weighted by atomic mass is 10.1. The molecule has 0 saturated heterocycles. The first-order chi connectivity index (χ1) is 8.04. The number of primary amides is 1. The minimum atomic E-state index is -0.683. The molecule has 6 nitrogen and oxygen atoms in total. The first-order valence-corrected chi connectivity index (χ1v) is 5.05. The third kappa shape index (κ3) is 2.60. The Labute approximate surface area is 97.2 Å². The van der Waals surface area contributed by atoms with Crippen LogP contribution in [0.5, 0.6) is 0 Å². The largest absolute Gasteiger partial charge is 0.369 e. The van der Waals surface area contributed by atoms with E-state index in [2.05, 4.69) is 10.6 Å². The highest BCUT2D eigenvalue weighted by atomic mass is 16.2. The van der Waals surface area contributed by atoms with Crippen molar-refractivity contribution in [3.05, 3.63) is 23.8 Å². The van der Waals surface area contributed by atoms with E-state index in [1.165, 1.54) is 0 Å². The van der Waals surface area contributed by atoms with Crippen molar-refractivity contribution < 1.29 is 14.4 Å². The van der Waals surface area contributed by atoms with E-state index in [1.54, 1.807) is 18.2 Å². The van der Waals surface area contributed by atoms with E-state index in [-0.39, 0.29) is 12.3 Å². The molecule has 0 unspecified atom stereocenters. The van der Waals surface area contributed by atoms with Gasteiger partial charge < -0.3 is 16.4 Å². The van der Waals surface area contributed by atoms with E-state index >= 15 is 0 Å². The Balaban J connectivity index is 2.09. The Morgan fingerprint density at radius 2 is 2.18 bits per heavy atom. The van der Waals surface area contributed by atoms with Gasteiger partial charge in [0.2, 0.25) is 17.7 Å². The van der Waals surface area contributed by atoms with Crippen LogP contribution in [0.2, 0.25) is 0 Å². The number of carbonyl (C=O) groups is 3. The molecule has 0 aliphatic carbocycles. The van der Waals surface area contributed by atoms with Gasteiger partial charge in [0.1, 0.15) is 6.42 Å². The summed E-state index contributed by atoms with van der Waals surface area (Å²) in [6.45, 7) is 0. The van der Waals surface area contributed by atoms with Gasteiger partial charge in [0.15, 0.2) is 0 Å². The van der Waals surface area contributed by atoms with Crippen LogP contribution in [-0.2, 0) is 20.8 Å². The molecule has 1 aromatic rings. The van der Waals surface area contributed by atoms with E-state index < -0.39 is 11.8 Å². The fraction of sp³-hybridized carbons (Fsp3) is 0.182. The fourth-order valence-corrected chi connectivity index (χ4v) is 1.66. The number of benzene rings is 1. The van der Waals surface area contributed by atoms with Crippen LogP contribution in [0.4, 0.5) is 11.4 Å². The summed E-state index contributed by atoms with van der Waals surface area (Å²) in [5.41, 5.74) is 7.00. The van der Waals surface area contributed by atoms with Gasteiger partial charge >= 0.3 is 0 Å². The third-order valence-electron chi connectivity index (χ3n) is 2.35. The van der Waals surface area contributed by atoms with E-state index in [4.69, 9.17) is 5.73 Å². The van der Waals surface area contributed by atoms with Gasteiger partial charge in [0.05, 0.1) is 6.42 Å². The van der Waals surface area contributed by atoms with Crippen LogP contribution < -0.4 is 16.4 Å². The molecule has 17 heavy (non-hydrogen) atoms. The number of rotatable bonds is 3. The second-order valence-electron chi connectivity index (χ2n) is 3.79. The molecule has 0 spiro atoms. The van der Waals surface area contributed by atoms with Crippen LogP contribution in [0, 0.1) is 0 Å². The van der Waals surface area contributed by atoms with Crippen molar-refractivity contribution in [2.24, 2.45) is 5.73 Å². The number of hydrogen-bond donors (Lipinski definition) is 3. The molecule has 3 amide bonds. The van der Waals surface area contributed by atoms with Crippen LogP contribution in [0.25, 0.3) is 0 Å². The SMILES string of the molecule is NC(=O)CC(=O)Nc1ccc2c(c1)NC(=O)C2. The monoisotopic (exact) mass is 233 g/mol. The predicted molar refractivity (Wildman–Crippen MR) is 61.2 cm³/mol. The van der Waals surface area contributed by atoms with Gasteiger partial charge in [-0.1, -0.05) is 6.07 Å². The minimum absolute atomic E-state index is 0.0689. The van der Waals surface area contributed by atoms with Crippen LogP contribution in [0.1, 0.15) is 12.0 Å². The first kappa shape index (κ1) is 11.1. The molecule has 88 valence electrons. The van der Waals surface area contributed by atoms with E-state index in [0.717, 1.165) is 5.56 Å². The molecule has 1 aliphatic rings. The van der Waals surface area contributed by atoms with E-state index in [1.807, 2.05) is 0 Å². The Morgan fingerprint density at radius 1 is 1.41 bits per heavy atom. The summed E-state index contributed by atoms with van der Waals surface area (Å²) in [5.74, 6) is -1.22. The lowest BCUT2D eigenvalue weighted by Crippen LogP contribution is -2.21. The molecule has 2 rings (SSSR count). The molecule has 0 bridgehead atoms. The summed E-state index contributed by atoms with van der Waals surface area (Å²) in [5, 5.41) is 5.20. The Bertz CT molecular complexity index is 511. The number of nitrogens with two attached hydrogens (primary N) is 1. The van der Waals surface area contributed by atoms with Gasteiger partial charge in [-0.2, -0.15) is 0 Å². The molecule has 1 heterocycles. The summed E-state index contributed by atoms with van der Waals surface area (Å²) in [6.07, 6.45) is -0.00567. The molecular weight excluding hydrogens is 222 g/mol. The van der Waals surface area contributed by atoms with Crippen LogP contribution >= 0.6 is 0 Å². The van der Waals surface area contributed by atoms with Gasteiger partial charge in [0, 0.05) is 11.4 Å². The molecule has 0 radical (unpaired) electrons. The Kier molecular flexibility index (Phi) is 2.78. The maximum absolute atomic E-state index is 11.3. The quantitative estimate of drug-likeness (QED) is 0.640. The van der Waals surface area contributed by atoms with Crippen molar-refractivity contribution in [3.8, 4) is 0 Å². The van der Waals surface area contributed by atoms with Gasteiger partial charge in [-0.05, 0) is 17.7 Å². The standard InChI is InChI=1S/C11H11N3O3/c12-9(15)5-11(17)13-7-2-1-6-3-10(16)14-8(6)4-7/h1-2,4H,3,5H2,(H2,12,15)(H,13,17)(H,14,16). The third-order valence-corrected chi connectivity index (χ3v) is 2.35. The van der Waals surface area contributed by atoms with Crippen LogP contribution in [0.15, 0.2) is 18.2 Å². The average Bonchev–Trinajstić information content (AvgIpc) is 2.55. The predicted octanol–water partition coefficient (Wildman–Crippen LogP) is -0.00490. The summed E-state index contributed by atoms with van der Waals surface area (Å²) >= 11 is 0. The maximum Gasteiger partial charge on any atom is 0.233 e. The lowest BCUT2D eigenvalue weighted by molar-refractivity contribution is -0.124. The topological polar surface area (TPSA) is 101 Å². The second kappa shape index (κ2) is 4.25. The smallest absolute Gasteiger partial charge is 0.233 e. The number of amides is 3. The summed E-state index contributed by atoms with van der Waals surface area (Å²) in [7, 11) is 0.